The zero-order chi connectivity index (χ0) is 12.0. The van der Waals surface area contributed by atoms with Gasteiger partial charge in [-0.25, -0.2) is 9.78 Å². The van der Waals surface area contributed by atoms with Crippen molar-refractivity contribution in [3.63, 3.8) is 0 Å². The van der Waals surface area contributed by atoms with Crippen LogP contribution in [0, 0.1) is 0 Å². The van der Waals surface area contributed by atoms with Gasteiger partial charge in [0.25, 0.3) is 0 Å². The molecule has 1 rings (SSSR count). The average Bonchev–Trinajstić information content (AvgIpc) is 2.24. The van der Waals surface area contributed by atoms with E-state index >= 15 is 0 Å². The number of allylic oxidation sites excluding steroid dienone is 1. The Bertz CT molecular complexity index is 396. The number of aromatic nitrogens is 1. The molecule has 1 aromatic rings. The van der Waals surface area contributed by atoms with E-state index in [4.69, 9.17) is 5.11 Å². The first-order valence-electron chi connectivity index (χ1n) is 5.17. The van der Waals surface area contributed by atoms with Gasteiger partial charge in [0, 0.05) is 6.54 Å². The highest BCUT2D eigenvalue weighted by atomic mass is 16.4. The van der Waals surface area contributed by atoms with Crippen molar-refractivity contribution in [3.05, 3.63) is 35.5 Å². The first kappa shape index (κ1) is 12.2. The molecule has 0 radical (unpaired) electrons. The van der Waals surface area contributed by atoms with E-state index in [-0.39, 0.29) is 5.69 Å². The lowest BCUT2D eigenvalue weighted by molar-refractivity contribution is 0.0690. The summed E-state index contributed by atoms with van der Waals surface area (Å²) in [4.78, 5) is 14.6. The maximum absolute atomic E-state index is 10.7. The van der Waals surface area contributed by atoms with Crippen molar-refractivity contribution < 1.29 is 9.90 Å². The van der Waals surface area contributed by atoms with Gasteiger partial charge in [-0.15, -0.1) is 0 Å². The highest BCUT2D eigenvalue weighted by Gasteiger charge is 2.03. The Balaban J connectivity index is 2.51. The topological polar surface area (TPSA) is 62.2 Å². The number of nitrogens with zero attached hydrogens (tertiary/aromatic N) is 1. The van der Waals surface area contributed by atoms with Crippen LogP contribution < -0.4 is 5.32 Å². The molecular formula is C12H16N2O2. The van der Waals surface area contributed by atoms with Gasteiger partial charge in [0.2, 0.25) is 0 Å². The van der Waals surface area contributed by atoms with E-state index in [1.807, 2.05) is 13.8 Å². The summed E-state index contributed by atoms with van der Waals surface area (Å²) in [5.41, 5.74) is 1.33. The lowest BCUT2D eigenvalue weighted by Crippen LogP contribution is -2.06. The van der Waals surface area contributed by atoms with Crippen LogP contribution in [0.15, 0.2) is 29.8 Å². The van der Waals surface area contributed by atoms with Crippen molar-refractivity contribution in [2.45, 2.75) is 20.3 Å². The normalized spacial score (nSPS) is 9.62. The number of carbonyl (C=O) groups is 1. The molecule has 86 valence electrons. The third kappa shape index (κ3) is 4.13. The monoisotopic (exact) mass is 220 g/mol. The van der Waals surface area contributed by atoms with Crippen LogP contribution in [-0.4, -0.2) is 22.6 Å². The molecule has 0 unspecified atom stereocenters. The molecule has 0 fully saturated rings. The first-order valence-corrected chi connectivity index (χ1v) is 5.17. The minimum Gasteiger partial charge on any atom is -0.477 e. The predicted molar refractivity (Wildman–Crippen MR) is 63.7 cm³/mol. The second-order valence-corrected chi connectivity index (χ2v) is 3.71. The maximum atomic E-state index is 10.7. The van der Waals surface area contributed by atoms with Gasteiger partial charge >= 0.3 is 5.97 Å². The summed E-state index contributed by atoms with van der Waals surface area (Å²) in [6.07, 6.45) is 3.02. The Labute approximate surface area is 95.0 Å². The van der Waals surface area contributed by atoms with E-state index in [0.717, 1.165) is 13.0 Å². The molecule has 0 spiro atoms. The second kappa shape index (κ2) is 5.90. The van der Waals surface area contributed by atoms with Crippen molar-refractivity contribution in [2.24, 2.45) is 0 Å². The summed E-state index contributed by atoms with van der Waals surface area (Å²) in [5.74, 6) is -0.407. The molecular weight excluding hydrogens is 204 g/mol. The minimum atomic E-state index is -1.01. The van der Waals surface area contributed by atoms with E-state index in [1.165, 1.54) is 11.6 Å². The number of hydrogen-bond acceptors (Lipinski definition) is 3. The third-order valence-electron chi connectivity index (χ3n) is 1.97. The molecule has 0 atom stereocenters. The van der Waals surface area contributed by atoms with Crippen LogP contribution >= 0.6 is 0 Å². The van der Waals surface area contributed by atoms with Crippen LogP contribution in [-0.2, 0) is 0 Å². The lowest BCUT2D eigenvalue weighted by Gasteiger charge is -2.04. The van der Waals surface area contributed by atoms with E-state index < -0.39 is 5.97 Å². The number of nitrogens with one attached hydrogen (secondary N) is 1. The number of pyridine rings is 1. The summed E-state index contributed by atoms with van der Waals surface area (Å²) in [6.45, 7) is 4.84. The largest absolute Gasteiger partial charge is 0.477 e. The van der Waals surface area contributed by atoms with Gasteiger partial charge in [0.15, 0.2) is 5.69 Å². The molecule has 0 aromatic carbocycles. The summed E-state index contributed by atoms with van der Waals surface area (Å²) >= 11 is 0. The van der Waals surface area contributed by atoms with E-state index in [0.29, 0.717) is 5.82 Å². The summed E-state index contributed by atoms with van der Waals surface area (Å²) < 4.78 is 0. The number of hydrogen-bond donors (Lipinski definition) is 2. The molecule has 0 bridgehead atoms. The molecule has 1 heterocycles. The third-order valence-corrected chi connectivity index (χ3v) is 1.97. The molecule has 1 aromatic heterocycles. The zero-order valence-electron chi connectivity index (χ0n) is 9.53. The maximum Gasteiger partial charge on any atom is 0.354 e. The van der Waals surface area contributed by atoms with Gasteiger partial charge in [-0.1, -0.05) is 17.7 Å². The molecule has 0 amide bonds. The van der Waals surface area contributed by atoms with Gasteiger partial charge in [-0.2, -0.15) is 0 Å². The Morgan fingerprint density at radius 1 is 1.50 bits per heavy atom. The molecule has 0 aliphatic rings. The van der Waals surface area contributed by atoms with Crippen LogP contribution in [0.3, 0.4) is 0 Å². The fourth-order valence-electron chi connectivity index (χ4n) is 1.21. The van der Waals surface area contributed by atoms with Gasteiger partial charge in [0.1, 0.15) is 5.82 Å². The Hall–Kier alpha value is -1.84. The number of anilines is 1. The quantitative estimate of drug-likeness (QED) is 0.591. The summed E-state index contributed by atoms with van der Waals surface area (Å²) in [6, 6.07) is 4.91. The number of carboxylic acid groups (broad SMARTS) is 1. The lowest BCUT2D eigenvalue weighted by atomic mass is 10.2. The summed E-state index contributed by atoms with van der Waals surface area (Å²) in [7, 11) is 0. The van der Waals surface area contributed by atoms with Gasteiger partial charge < -0.3 is 10.4 Å². The van der Waals surface area contributed by atoms with Crippen molar-refractivity contribution >= 4 is 11.8 Å². The van der Waals surface area contributed by atoms with E-state index in [1.54, 1.807) is 12.1 Å². The zero-order valence-corrected chi connectivity index (χ0v) is 9.53. The van der Waals surface area contributed by atoms with Crippen LogP contribution in [0.25, 0.3) is 0 Å². The van der Waals surface area contributed by atoms with Crippen molar-refractivity contribution in [2.75, 3.05) is 11.9 Å². The summed E-state index contributed by atoms with van der Waals surface area (Å²) in [5, 5.41) is 11.8. The average molecular weight is 220 g/mol. The molecule has 4 nitrogen and oxygen atoms in total. The van der Waals surface area contributed by atoms with Gasteiger partial charge in [0.05, 0.1) is 0 Å². The van der Waals surface area contributed by atoms with Crippen molar-refractivity contribution in [1.82, 2.24) is 4.98 Å². The minimum absolute atomic E-state index is 0.0622. The Morgan fingerprint density at radius 3 is 2.88 bits per heavy atom. The highest BCUT2D eigenvalue weighted by Crippen LogP contribution is 2.05. The fourth-order valence-corrected chi connectivity index (χ4v) is 1.21. The van der Waals surface area contributed by atoms with Gasteiger partial charge in [-0.05, 0) is 32.4 Å². The standard InChI is InChI=1S/C12H16N2O2/c1-9(2)5-4-8-13-11-7-3-6-10(14-11)12(15)16/h3,5-7H,4,8H2,1-2H3,(H,13,14)(H,15,16). The molecule has 0 aliphatic carbocycles. The van der Waals surface area contributed by atoms with Crippen LogP contribution in [0.2, 0.25) is 0 Å². The number of aromatic carboxylic acids is 1. The Morgan fingerprint density at radius 2 is 2.25 bits per heavy atom. The molecule has 4 heteroatoms. The SMILES string of the molecule is CC(C)=CCCNc1cccc(C(=O)O)n1. The fraction of sp³-hybridized carbons (Fsp3) is 0.333. The molecule has 0 saturated carbocycles. The predicted octanol–water partition coefficient (Wildman–Crippen LogP) is 2.55. The van der Waals surface area contributed by atoms with Crippen LogP contribution in [0.5, 0.6) is 0 Å². The van der Waals surface area contributed by atoms with Crippen LogP contribution in [0.1, 0.15) is 30.8 Å². The first-order chi connectivity index (χ1) is 7.59. The van der Waals surface area contributed by atoms with Gasteiger partial charge in [-0.3, -0.25) is 0 Å². The second-order valence-electron chi connectivity index (χ2n) is 3.71. The molecule has 16 heavy (non-hydrogen) atoms. The van der Waals surface area contributed by atoms with Crippen molar-refractivity contribution in [1.29, 1.82) is 0 Å². The highest BCUT2D eigenvalue weighted by molar-refractivity contribution is 5.85. The smallest absolute Gasteiger partial charge is 0.354 e. The molecule has 0 saturated heterocycles. The number of rotatable bonds is 5. The number of carboxylic acids is 1. The van der Waals surface area contributed by atoms with Crippen molar-refractivity contribution in [3.8, 4) is 0 Å². The van der Waals surface area contributed by atoms with E-state index in [2.05, 4.69) is 16.4 Å². The van der Waals surface area contributed by atoms with Crippen LogP contribution in [0.4, 0.5) is 5.82 Å². The molecule has 2 N–H and O–H groups in total. The Kier molecular flexibility index (Phi) is 4.51. The molecule has 0 aliphatic heterocycles. The van der Waals surface area contributed by atoms with E-state index in [9.17, 15) is 4.79 Å².